The van der Waals surface area contributed by atoms with Gasteiger partial charge in [0.2, 0.25) is 17.7 Å². The van der Waals surface area contributed by atoms with E-state index >= 15 is 0 Å². The van der Waals surface area contributed by atoms with E-state index in [0.717, 1.165) is 5.56 Å². The molecule has 2 rings (SSSR count). The summed E-state index contributed by atoms with van der Waals surface area (Å²) in [5, 5.41) is 10.1. The fourth-order valence-corrected chi connectivity index (χ4v) is 5.18. The largest absolute Gasteiger partial charge is 0.490 e. The predicted octanol–water partition coefficient (Wildman–Crippen LogP) is 3.43. The van der Waals surface area contributed by atoms with E-state index < -0.39 is 36.1 Å². The van der Waals surface area contributed by atoms with Crippen LogP contribution >= 0.6 is 0 Å². The number of allylic oxidation sites excluding steroid dienone is 1. The van der Waals surface area contributed by atoms with Crippen LogP contribution in [0.5, 0.6) is 5.75 Å². The molecular formula is C34H53N5O6. The molecule has 0 spiro atoms. The Bertz CT molecular complexity index is 1190. The minimum Gasteiger partial charge on any atom is -0.490 e. The Morgan fingerprint density at radius 3 is 2.36 bits per heavy atom. The molecule has 1 heterocycles. The quantitative estimate of drug-likeness (QED) is 0.206. The van der Waals surface area contributed by atoms with Crippen molar-refractivity contribution in [3.63, 3.8) is 0 Å². The summed E-state index contributed by atoms with van der Waals surface area (Å²) < 4.78 is 11.1. The Balaban J connectivity index is 2.04. The Morgan fingerprint density at radius 2 is 1.76 bits per heavy atom. The molecule has 1 aromatic rings. The summed E-state index contributed by atoms with van der Waals surface area (Å²) in [6.45, 7) is 17.3. The van der Waals surface area contributed by atoms with Crippen LogP contribution in [0.1, 0.15) is 72.9 Å². The highest BCUT2D eigenvalue weighted by Crippen LogP contribution is 2.26. The van der Waals surface area contributed by atoms with Crippen molar-refractivity contribution >= 4 is 23.6 Å². The second-order valence-electron chi connectivity index (χ2n) is 12.2. The van der Waals surface area contributed by atoms with Gasteiger partial charge < -0.3 is 25.4 Å². The first-order valence-electron chi connectivity index (χ1n) is 15.8. The first-order valence-corrected chi connectivity index (χ1v) is 15.8. The molecule has 250 valence electrons. The molecule has 0 aromatic heterocycles. The van der Waals surface area contributed by atoms with Crippen molar-refractivity contribution in [2.45, 2.75) is 91.6 Å². The molecule has 0 unspecified atom stereocenters. The Labute approximate surface area is 268 Å². The van der Waals surface area contributed by atoms with E-state index in [2.05, 4.69) is 28.0 Å². The molecule has 11 heteroatoms. The van der Waals surface area contributed by atoms with Crippen LogP contribution < -0.4 is 26.1 Å². The number of hydrogen-bond acceptors (Lipinski definition) is 7. The summed E-state index contributed by atoms with van der Waals surface area (Å²) >= 11 is 0. The van der Waals surface area contributed by atoms with Crippen LogP contribution in [0.15, 0.2) is 49.1 Å². The molecule has 4 amide bonds. The summed E-state index contributed by atoms with van der Waals surface area (Å²) in [7, 11) is 1.53. The third-order valence-electron chi connectivity index (χ3n) is 7.85. The highest BCUT2D eigenvalue weighted by molar-refractivity contribution is 5.92. The van der Waals surface area contributed by atoms with Crippen LogP contribution in [0.3, 0.4) is 0 Å². The van der Waals surface area contributed by atoms with E-state index in [9.17, 15) is 19.2 Å². The van der Waals surface area contributed by atoms with E-state index in [1.165, 1.54) is 12.1 Å². The Morgan fingerprint density at radius 1 is 1.04 bits per heavy atom. The molecule has 1 aromatic carbocycles. The monoisotopic (exact) mass is 627 g/mol. The number of methoxy groups -OCH3 is 1. The first kappa shape index (κ1) is 37.5. The van der Waals surface area contributed by atoms with Crippen LogP contribution in [-0.4, -0.2) is 73.1 Å². The van der Waals surface area contributed by atoms with Crippen molar-refractivity contribution in [2.75, 3.05) is 20.3 Å². The summed E-state index contributed by atoms with van der Waals surface area (Å²) in [6.07, 6.45) is 6.01. The maximum atomic E-state index is 13.4. The number of hydrogen-bond donors (Lipinski definition) is 4. The van der Waals surface area contributed by atoms with Gasteiger partial charge in [-0.15, -0.1) is 0 Å². The SMILES string of the molecule is C=CCOc1cccc([C@H](NC(=O)[C@@H]2CCCN(C(=O)[C@H](C)NC(=O)[C@@H](NC(=O)[C@H](C)[C@@H](C=CC)OC)C(C)C)N2)C(C)C)c1. The average Bonchev–Trinajstić information content (AvgIpc) is 3.02. The van der Waals surface area contributed by atoms with Gasteiger partial charge in [0.25, 0.3) is 5.91 Å². The number of nitrogens with zero attached hydrogens (tertiary/aromatic N) is 1. The molecule has 11 nitrogen and oxygen atoms in total. The molecule has 4 N–H and O–H groups in total. The number of hydrazine groups is 1. The van der Waals surface area contributed by atoms with Crippen LogP contribution in [0.2, 0.25) is 0 Å². The second-order valence-corrected chi connectivity index (χ2v) is 12.2. The highest BCUT2D eigenvalue weighted by Gasteiger charge is 2.34. The zero-order valence-electron chi connectivity index (χ0n) is 28.1. The molecule has 0 bridgehead atoms. The van der Waals surface area contributed by atoms with Gasteiger partial charge in [0.05, 0.1) is 18.1 Å². The lowest BCUT2D eigenvalue weighted by molar-refractivity contribution is -0.143. The van der Waals surface area contributed by atoms with E-state index in [1.54, 1.807) is 26.0 Å². The molecule has 0 radical (unpaired) electrons. The molecule has 0 saturated carbocycles. The number of amides is 4. The Hall–Kier alpha value is -3.70. The molecule has 6 atom stereocenters. The van der Waals surface area contributed by atoms with Gasteiger partial charge in [-0.05, 0) is 56.2 Å². The molecule has 1 fully saturated rings. The topological polar surface area (TPSA) is 138 Å². The van der Waals surface area contributed by atoms with Gasteiger partial charge >= 0.3 is 0 Å². The van der Waals surface area contributed by atoms with Crippen LogP contribution in [0, 0.1) is 17.8 Å². The van der Waals surface area contributed by atoms with Crippen molar-refractivity contribution in [3.8, 4) is 5.75 Å². The van der Waals surface area contributed by atoms with Gasteiger partial charge in [0, 0.05) is 13.7 Å². The summed E-state index contributed by atoms with van der Waals surface area (Å²) in [6, 6.07) is 4.98. The number of nitrogens with one attached hydrogen (secondary N) is 4. The van der Waals surface area contributed by atoms with Crippen molar-refractivity contribution in [1.29, 1.82) is 0 Å². The first-order chi connectivity index (χ1) is 21.3. The minimum atomic E-state index is -0.890. The lowest BCUT2D eigenvalue weighted by Gasteiger charge is -2.36. The smallest absolute Gasteiger partial charge is 0.258 e. The molecule has 0 aliphatic carbocycles. The van der Waals surface area contributed by atoms with Gasteiger partial charge in [-0.1, -0.05) is 71.6 Å². The van der Waals surface area contributed by atoms with Crippen molar-refractivity contribution in [3.05, 3.63) is 54.6 Å². The number of carbonyl (C=O) groups is 4. The highest BCUT2D eigenvalue weighted by atomic mass is 16.5. The molecule has 45 heavy (non-hydrogen) atoms. The zero-order valence-corrected chi connectivity index (χ0v) is 28.1. The van der Waals surface area contributed by atoms with Crippen LogP contribution in [0.25, 0.3) is 0 Å². The number of ether oxygens (including phenoxy) is 2. The fourth-order valence-electron chi connectivity index (χ4n) is 5.18. The third kappa shape index (κ3) is 11.0. The standard InChI is InChI=1S/C34H53N5O6/c1-10-14-28(44-9)23(7)31(40)37-30(22(5)6)33(42)35-24(8)34(43)39-18-13-17-27(38-39)32(41)36-29(21(3)4)25-15-12-16-26(20-25)45-19-11-2/h10-12,14-16,20-24,27-30,38H,2,13,17-19H2,1,3-9H3,(H,35,42)(H,36,41)(H,37,40)/t23-,24+,27+,28-,29-,30+/m1/s1. The van der Waals surface area contributed by atoms with Crippen LogP contribution in [0.4, 0.5) is 0 Å². The predicted molar refractivity (Wildman–Crippen MR) is 175 cm³/mol. The van der Waals surface area contributed by atoms with E-state index in [0.29, 0.717) is 31.7 Å². The van der Waals surface area contributed by atoms with Crippen molar-refractivity contribution in [1.82, 2.24) is 26.4 Å². The van der Waals surface area contributed by atoms with Gasteiger partial charge in [0.1, 0.15) is 30.5 Å². The van der Waals surface area contributed by atoms with Gasteiger partial charge in [0.15, 0.2) is 0 Å². The normalized spacial score (nSPS) is 18.5. The molecular weight excluding hydrogens is 574 g/mol. The maximum Gasteiger partial charge on any atom is 0.258 e. The third-order valence-corrected chi connectivity index (χ3v) is 7.85. The van der Waals surface area contributed by atoms with Gasteiger partial charge in [-0.2, -0.15) is 0 Å². The van der Waals surface area contributed by atoms with E-state index in [1.807, 2.05) is 65.0 Å². The van der Waals surface area contributed by atoms with E-state index in [4.69, 9.17) is 9.47 Å². The second kappa shape index (κ2) is 18.3. The minimum absolute atomic E-state index is 0.0982. The Kier molecular flexibility index (Phi) is 15.3. The van der Waals surface area contributed by atoms with Crippen molar-refractivity contribution < 1.29 is 28.7 Å². The molecule has 1 saturated heterocycles. The van der Waals surface area contributed by atoms with Gasteiger partial charge in [-0.25, -0.2) is 5.43 Å². The average molecular weight is 628 g/mol. The number of benzene rings is 1. The zero-order chi connectivity index (χ0) is 33.7. The summed E-state index contributed by atoms with van der Waals surface area (Å²) in [5.41, 5.74) is 3.98. The maximum absolute atomic E-state index is 13.4. The number of rotatable bonds is 16. The van der Waals surface area contributed by atoms with Gasteiger partial charge in [-0.3, -0.25) is 24.2 Å². The lowest BCUT2D eigenvalue weighted by Crippen LogP contribution is -2.62. The fraction of sp³-hybridized carbons (Fsp3) is 0.588. The van der Waals surface area contributed by atoms with E-state index in [-0.39, 0.29) is 35.6 Å². The summed E-state index contributed by atoms with van der Waals surface area (Å²) in [5.74, 6) is -1.34. The van der Waals surface area contributed by atoms with Crippen LogP contribution in [-0.2, 0) is 23.9 Å². The molecule has 1 aliphatic heterocycles. The molecule has 1 aliphatic rings. The summed E-state index contributed by atoms with van der Waals surface area (Å²) in [4.78, 5) is 53.0. The lowest BCUT2D eigenvalue weighted by atomic mass is 9.95. The number of carbonyl (C=O) groups excluding carboxylic acids is 4. The van der Waals surface area contributed by atoms with Crippen molar-refractivity contribution in [2.24, 2.45) is 17.8 Å².